The molecule has 140 valence electrons. The second-order valence-electron chi connectivity index (χ2n) is 7.08. The summed E-state index contributed by atoms with van der Waals surface area (Å²) in [4.78, 5) is 22.7. The molecule has 0 heterocycles. The van der Waals surface area contributed by atoms with Gasteiger partial charge in [0.25, 0.3) is 0 Å². The van der Waals surface area contributed by atoms with Crippen LogP contribution in [0.5, 0.6) is 0 Å². The Hall–Kier alpha value is -1.60. The van der Waals surface area contributed by atoms with Crippen LogP contribution in [-0.2, 0) is 9.59 Å². The van der Waals surface area contributed by atoms with Gasteiger partial charge in [0, 0.05) is 31.6 Å². The van der Waals surface area contributed by atoms with E-state index < -0.39 is 12.1 Å². The zero-order valence-corrected chi connectivity index (χ0v) is 15.5. The van der Waals surface area contributed by atoms with Gasteiger partial charge in [-0.2, -0.15) is 0 Å². The Bertz CT molecular complexity index is 512. The summed E-state index contributed by atoms with van der Waals surface area (Å²) in [5.74, 6) is 6.05. The van der Waals surface area contributed by atoms with Crippen molar-refractivity contribution in [3.05, 3.63) is 12.2 Å². The molecule has 0 aliphatic heterocycles. The van der Waals surface area contributed by atoms with Crippen LogP contribution >= 0.6 is 0 Å². The van der Waals surface area contributed by atoms with E-state index >= 15 is 0 Å². The normalized spacial score (nSPS) is 24.3. The average molecular weight is 348 g/mol. The number of aliphatic hydroxyl groups is 1. The highest BCUT2D eigenvalue weighted by molar-refractivity contribution is 5.84. The van der Waals surface area contributed by atoms with Gasteiger partial charge >= 0.3 is 5.97 Å². The van der Waals surface area contributed by atoms with Crippen LogP contribution in [0, 0.1) is 29.6 Å². The molecule has 0 radical (unpaired) electrons. The van der Waals surface area contributed by atoms with Crippen LogP contribution in [0.25, 0.3) is 0 Å². The van der Waals surface area contributed by atoms with Crippen LogP contribution < -0.4 is 0 Å². The maximum absolute atomic E-state index is 12.2. The van der Waals surface area contributed by atoms with Crippen molar-refractivity contribution in [1.82, 2.24) is 0 Å². The number of Topliss-reactive ketones (excluding diaryl/α,β-unsaturated/α-hetero) is 1. The maximum Gasteiger partial charge on any atom is 0.303 e. The maximum atomic E-state index is 12.2. The van der Waals surface area contributed by atoms with Gasteiger partial charge < -0.3 is 10.2 Å². The van der Waals surface area contributed by atoms with E-state index in [4.69, 9.17) is 5.11 Å². The number of aliphatic hydroxyl groups excluding tert-OH is 1. The molecule has 0 spiro atoms. The summed E-state index contributed by atoms with van der Waals surface area (Å²) in [6.45, 7) is 4.19. The first-order chi connectivity index (χ1) is 12.0. The van der Waals surface area contributed by atoms with E-state index in [1.165, 1.54) is 0 Å². The molecule has 0 aromatic rings. The van der Waals surface area contributed by atoms with Crippen LogP contribution in [0.2, 0.25) is 0 Å². The molecular formula is C21H32O4. The first-order valence-corrected chi connectivity index (χ1v) is 9.52. The lowest BCUT2D eigenvalue weighted by atomic mass is 9.87. The first-order valence-electron chi connectivity index (χ1n) is 9.52. The fraction of sp³-hybridized carbons (Fsp3) is 0.714. The third-order valence-electron chi connectivity index (χ3n) is 4.86. The molecule has 0 amide bonds. The van der Waals surface area contributed by atoms with Crippen LogP contribution in [0.3, 0.4) is 0 Å². The summed E-state index contributed by atoms with van der Waals surface area (Å²) in [7, 11) is 0. The number of carbonyl (C=O) groups excluding carboxylic acids is 1. The van der Waals surface area contributed by atoms with Gasteiger partial charge in [-0.1, -0.05) is 38.8 Å². The van der Waals surface area contributed by atoms with Crippen LogP contribution in [0.15, 0.2) is 12.2 Å². The van der Waals surface area contributed by atoms with Crippen molar-refractivity contribution in [2.45, 2.75) is 77.7 Å². The van der Waals surface area contributed by atoms with Crippen molar-refractivity contribution in [3.63, 3.8) is 0 Å². The zero-order chi connectivity index (χ0) is 18.7. The largest absolute Gasteiger partial charge is 0.481 e. The third-order valence-corrected chi connectivity index (χ3v) is 4.86. The summed E-state index contributed by atoms with van der Waals surface area (Å²) < 4.78 is 0. The Morgan fingerprint density at radius 1 is 1.32 bits per heavy atom. The number of carboxylic acids is 1. The molecule has 0 aromatic carbocycles. The Balaban J connectivity index is 2.48. The Kier molecular flexibility index (Phi) is 10.2. The van der Waals surface area contributed by atoms with Gasteiger partial charge in [0.2, 0.25) is 0 Å². The fourth-order valence-electron chi connectivity index (χ4n) is 3.32. The van der Waals surface area contributed by atoms with Crippen LogP contribution in [-0.4, -0.2) is 28.1 Å². The van der Waals surface area contributed by atoms with E-state index in [9.17, 15) is 14.7 Å². The van der Waals surface area contributed by atoms with Gasteiger partial charge in [0.1, 0.15) is 5.78 Å². The summed E-state index contributed by atoms with van der Waals surface area (Å²) in [5, 5.41) is 18.6. The Morgan fingerprint density at radius 3 is 2.76 bits per heavy atom. The SMILES string of the molecule is CCCCC(O)/C=C/C1C(C)CC(=O)C1CC#CCCCCC(=O)O. The molecule has 25 heavy (non-hydrogen) atoms. The topological polar surface area (TPSA) is 74.6 Å². The number of hydrogen-bond donors (Lipinski definition) is 2. The molecule has 4 atom stereocenters. The lowest BCUT2D eigenvalue weighted by Crippen LogP contribution is -2.15. The number of aliphatic carboxylic acids is 1. The highest BCUT2D eigenvalue weighted by Crippen LogP contribution is 2.37. The van der Waals surface area contributed by atoms with E-state index in [0.717, 1.165) is 25.7 Å². The molecule has 1 fully saturated rings. The highest BCUT2D eigenvalue weighted by atomic mass is 16.4. The third kappa shape index (κ3) is 8.36. The van der Waals surface area contributed by atoms with Crippen molar-refractivity contribution in [3.8, 4) is 11.8 Å². The second-order valence-corrected chi connectivity index (χ2v) is 7.08. The molecule has 1 rings (SSSR count). The number of carbonyl (C=O) groups is 2. The van der Waals surface area contributed by atoms with E-state index in [1.807, 2.05) is 12.2 Å². The van der Waals surface area contributed by atoms with E-state index in [2.05, 4.69) is 25.7 Å². The minimum Gasteiger partial charge on any atom is -0.481 e. The van der Waals surface area contributed by atoms with Gasteiger partial charge in [0.15, 0.2) is 0 Å². The molecule has 4 heteroatoms. The van der Waals surface area contributed by atoms with Crippen LogP contribution in [0.4, 0.5) is 0 Å². The predicted octanol–water partition coefficient (Wildman–Crippen LogP) is 3.97. The van der Waals surface area contributed by atoms with Gasteiger partial charge in [-0.05, 0) is 31.1 Å². The van der Waals surface area contributed by atoms with E-state index in [1.54, 1.807) is 0 Å². The molecule has 0 saturated heterocycles. The zero-order valence-electron chi connectivity index (χ0n) is 15.5. The second kappa shape index (κ2) is 11.9. The number of ketones is 1. The number of allylic oxidation sites excluding steroid dienone is 1. The van der Waals surface area contributed by atoms with Gasteiger partial charge in [-0.25, -0.2) is 0 Å². The molecule has 1 aliphatic carbocycles. The van der Waals surface area contributed by atoms with E-state index in [-0.39, 0.29) is 24.0 Å². The fourth-order valence-corrected chi connectivity index (χ4v) is 3.32. The molecule has 2 N–H and O–H groups in total. The standard InChI is InChI=1S/C21H32O4/c1-3-4-10-17(22)13-14-18-16(2)15-20(23)19(18)11-8-6-5-7-9-12-21(24)25/h13-14,16-19,22H,3-5,7,9-12,15H2,1-2H3,(H,24,25)/b14-13+. The van der Waals surface area contributed by atoms with Crippen molar-refractivity contribution < 1.29 is 19.8 Å². The highest BCUT2D eigenvalue weighted by Gasteiger charge is 2.37. The van der Waals surface area contributed by atoms with Gasteiger partial charge in [-0.15, -0.1) is 11.8 Å². The summed E-state index contributed by atoms with van der Waals surface area (Å²) in [6.07, 6.45) is 9.71. The van der Waals surface area contributed by atoms with E-state index in [0.29, 0.717) is 31.6 Å². The minimum atomic E-state index is -0.769. The molecular weight excluding hydrogens is 316 g/mol. The number of carboxylic acid groups (broad SMARTS) is 1. The minimum absolute atomic E-state index is 0.0730. The smallest absolute Gasteiger partial charge is 0.303 e. The lowest BCUT2D eigenvalue weighted by molar-refractivity contribution is -0.137. The number of unbranched alkanes of at least 4 members (excludes halogenated alkanes) is 3. The average Bonchev–Trinajstić information content (AvgIpc) is 2.83. The van der Waals surface area contributed by atoms with Gasteiger partial charge in [0.05, 0.1) is 6.10 Å². The Morgan fingerprint density at radius 2 is 2.08 bits per heavy atom. The lowest BCUT2D eigenvalue weighted by Gasteiger charge is -2.16. The predicted molar refractivity (Wildman–Crippen MR) is 98.9 cm³/mol. The summed E-state index contributed by atoms with van der Waals surface area (Å²) in [5.41, 5.74) is 0. The van der Waals surface area contributed by atoms with Gasteiger partial charge in [-0.3, -0.25) is 9.59 Å². The van der Waals surface area contributed by atoms with Crippen molar-refractivity contribution in [2.75, 3.05) is 0 Å². The van der Waals surface area contributed by atoms with Crippen molar-refractivity contribution >= 4 is 11.8 Å². The quantitative estimate of drug-likeness (QED) is 0.356. The van der Waals surface area contributed by atoms with Crippen molar-refractivity contribution in [2.24, 2.45) is 17.8 Å². The monoisotopic (exact) mass is 348 g/mol. The molecule has 4 nitrogen and oxygen atoms in total. The molecule has 1 saturated carbocycles. The number of rotatable bonds is 10. The van der Waals surface area contributed by atoms with Crippen molar-refractivity contribution in [1.29, 1.82) is 0 Å². The summed E-state index contributed by atoms with van der Waals surface area (Å²) in [6, 6.07) is 0. The number of hydrogen-bond acceptors (Lipinski definition) is 3. The molecule has 0 aromatic heterocycles. The molecule has 4 unspecified atom stereocenters. The first kappa shape index (κ1) is 21.4. The Labute approximate surface area is 151 Å². The van der Waals surface area contributed by atoms with Crippen LogP contribution in [0.1, 0.15) is 71.6 Å². The summed E-state index contributed by atoms with van der Waals surface area (Å²) >= 11 is 0. The molecule has 0 bridgehead atoms. The molecule has 1 aliphatic rings.